The van der Waals surface area contributed by atoms with Crippen LogP contribution in [-0.2, 0) is 22.7 Å². The van der Waals surface area contributed by atoms with Gasteiger partial charge in [-0.1, -0.05) is 35.9 Å². The van der Waals surface area contributed by atoms with Gasteiger partial charge in [0.05, 0.1) is 10.6 Å². The monoisotopic (exact) mass is 411 g/mol. The summed E-state index contributed by atoms with van der Waals surface area (Å²) < 4.78 is 0. The van der Waals surface area contributed by atoms with Crippen LogP contribution in [0.4, 0.5) is 0 Å². The van der Waals surface area contributed by atoms with Crippen LogP contribution in [-0.4, -0.2) is 34.6 Å². The van der Waals surface area contributed by atoms with Gasteiger partial charge >= 0.3 is 0 Å². The standard InChI is InChI=1S/C21H18ClN3O4/c22-16-4-2-1-3-15(16)19(27)23-10-12-5-6-14-13(9-12)11-25(21(14)29)17-7-8-18(26)24-20(17)28/h1-6,9,17H,7-8,10-11H2,(H,23,27)(H,24,26,28). The Hall–Kier alpha value is -3.19. The molecule has 0 bridgehead atoms. The molecule has 8 heteroatoms. The van der Waals surface area contributed by atoms with E-state index in [-0.39, 0.29) is 30.7 Å². The van der Waals surface area contributed by atoms with Crippen molar-refractivity contribution in [3.8, 4) is 0 Å². The summed E-state index contributed by atoms with van der Waals surface area (Å²) in [4.78, 5) is 50.0. The van der Waals surface area contributed by atoms with Gasteiger partial charge in [0.1, 0.15) is 6.04 Å². The molecule has 1 saturated heterocycles. The topological polar surface area (TPSA) is 95.6 Å². The molecule has 0 spiro atoms. The number of carbonyl (C=O) groups excluding carboxylic acids is 4. The van der Waals surface area contributed by atoms with Gasteiger partial charge in [0.2, 0.25) is 11.8 Å². The molecule has 0 radical (unpaired) electrons. The van der Waals surface area contributed by atoms with E-state index in [2.05, 4.69) is 10.6 Å². The molecule has 2 aliphatic heterocycles. The van der Waals surface area contributed by atoms with E-state index in [9.17, 15) is 19.2 Å². The number of imide groups is 1. The summed E-state index contributed by atoms with van der Waals surface area (Å²) in [7, 11) is 0. The summed E-state index contributed by atoms with van der Waals surface area (Å²) in [5, 5.41) is 5.49. The van der Waals surface area contributed by atoms with Crippen LogP contribution >= 0.6 is 11.6 Å². The predicted molar refractivity (Wildman–Crippen MR) is 105 cm³/mol. The number of amides is 4. The molecule has 4 amide bonds. The SMILES string of the molecule is O=C1CCC(N2Cc3cc(CNC(=O)c4ccccc4Cl)ccc3C2=O)C(=O)N1. The van der Waals surface area contributed by atoms with E-state index >= 15 is 0 Å². The fourth-order valence-corrected chi connectivity index (χ4v) is 3.88. The Bertz CT molecular complexity index is 1040. The van der Waals surface area contributed by atoms with Gasteiger partial charge in [-0.3, -0.25) is 24.5 Å². The highest BCUT2D eigenvalue weighted by Gasteiger charge is 2.39. The average molecular weight is 412 g/mol. The maximum atomic E-state index is 12.7. The molecule has 29 heavy (non-hydrogen) atoms. The lowest BCUT2D eigenvalue weighted by Gasteiger charge is -2.29. The summed E-state index contributed by atoms with van der Waals surface area (Å²) in [6, 6.07) is 11.5. The summed E-state index contributed by atoms with van der Waals surface area (Å²) >= 11 is 6.05. The fraction of sp³-hybridized carbons (Fsp3) is 0.238. The summed E-state index contributed by atoms with van der Waals surface area (Å²) in [5.41, 5.74) is 2.57. The largest absolute Gasteiger partial charge is 0.348 e. The highest BCUT2D eigenvalue weighted by atomic mass is 35.5. The van der Waals surface area contributed by atoms with Gasteiger partial charge < -0.3 is 10.2 Å². The molecule has 2 aromatic rings. The van der Waals surface area contributed by atoms with E-state index in [1.165, 1.54) is 4.90 Å². The number of benzene rings is 2. The Morgan fingerprint density at radius 1 is 1.17 bits per heavy atom. The van der Waals surface area contributed by atoms with Crippen molar-refractivity contribution in [2.75, 3.05) is 0 Å². The zero-order valence-corrected chi connectivity index (χ0v) is 16.2. The molecule has 2 heterocycles. The molecular formula is C21H18ClN3O4. The zero-order chi connectivity index (χ0) is 20.5. The van der Waals surface area contributed by atoms with E-state index in [4.69, 9.17) is 11.6 Å². The molecule has 2 N–H and O–H groups in total. The quantitative estimate of drug-likeness (QED) is 0.752. The lowest BCUT2D eigenvalue weighted by atomic mass is 10.0. The second-order valence-corrected chi connectivity index (χ2v) is 7.46. The van der Waals surface area contributed by atoms with Crippen LogP contribution in [0.1, 0.15) is 44.7 Å². The van der Waals surface area contributed by atoms with E-state index in [0.717, 1.165) is 11.1 Å². The molecule has 2 aromatic carbocycles. The van der Waals surface area contributed by atoms with Gasteiger partial charge in [-0.15, -0.1) is 0 Å². The van der Waals surface area contributed by atoms with E-state index in [1.807, 2.05) is 6.07 Å². The van der Waals surface area contributed by atoms with Crippen molar-refractivity contribution in [1.82, 2.24) is 15.5 Å². The van der Waals surface area contributed by atoms with Crippen molar-refractivity contribution < 1.29 is 19.2 Å². The number of hydrogen-bond donors (Lipinski definition) is 2. The normalized spacial score (nSPS) is 18.4. The van der Waals surface area contributed by atoms with Crippen LogP contribution in [0, 0.1) is 0 Å². The molecular weight excluding hydrogens is 394 g/mol. The molecule has 148 valence electrons. The van der Waals surface area contributed by atoms with Crippen LogP contribution in [0.5, 0.6) is 0 Å². The Labute approximate surface area is 172 Å². The zero-order valence-electron chi connectivity index (χ0n) is 15.4. The molecule has 0 aliphatic carbocycles. The maximum absolute atomic E-state index is 12.7. The number of hydrogen-bond acceptors (Lipinski definition) is 4. The Balaban J connectivity index is 1.45. The molecule has 0 aromatic heterocycles. The fourth-order valence-electron chi connectivity index (χ4n) is 3.66. The van der Waals surface area contributed by atoms with Crippen LogP contribution < -0.4 is 10.6 Å². The number of fused-ring (bicyclic) bond motifs is 1. The minimum Gasteiger partial charge on any atom is -0.348 e. The highest BCUT2D eigenvalue weighted by Crippen LogP contribution is 2.28. The summed E-state index contributed by atoms with van der Waals surface area (Å²) in [6.07, 6.45) is 0.543. The van der Waals surface area contributed by atoms with Crippen LogP contribution in [0.2, 0.25) is 5.02 Å². The van der Waals surface area contributed by atoms with E-state index < -0.39 is 11.9 Å². The van der Waals surface area contributed by atoms with Crippen molar-refractivity contribution in [2.45, 2.75) is 32.0 Å². The van der Waals surface area contributed by atoms with Crippen LogP contribution in [0.25, 0.3) is 0 Å². The smallest absolute Gasteiger partial charge is 0.255 e. The van der Waals surface area contributed by atoms with Crippen molar-refractivity contribution in [2.24, 2.45) is 0 Å². The predicted octanol–water partition coefficient (Wildman–Crippen LogP) is 2.03. The molecule has 2 aliphatic rings. The first kappa shape index (κ1) is 19.1. The molecule has 1 fully saturated rings. The Kier molecular flexibility index (Phi) is 5.07. The van der Waals surface area contributed by atoms with Gasteiger partial charge in [-0.25, -0.2) is 0 Å². The highest BCUT2D eigenvalue weighted by molar-refractivity contribution is 6.33. The van der Waals surface area contributed by atoms with Gasteiger partial charge in [-0.05, 0) is 35.7 Å². The van der Waals surface area contributed by atoms with E-state index in [0.29, 0.717) is 29.1 Å². The summed E-state index contributed by atoms with van der Waals surface area (Å²) in [6.45, 7) is 0.580. The summed E-state index contributed by atoms with van der Waals surface area (Å²) in [5.74, 6) is -1.25. The van der Waals surface area contributed by atoms with Gasteiger partial charge in [0, 0.05) is 25.1 Å². The third-order valence-corrected chi connectivity index (χ3v) is 5.49. The minimum atomic E-state index is -0.643. The molecule has 4 rings (SSSR count). The first-order valence-electron chi connectivity index (χ1n) is 9.23. The second-order valence-electron chi connectivity index (χ2n) is 7.05. The van der Waals surface area contributed by atoms with Crippen molar-refractivity contribution in [1.29, 1.82) is 0 Å². The lowest BCUT2D eigenvalue weighted by Crippen LogP contribution is -2.52. The molecule has 1 unspecified atom stereocenters. The van der Waals surface area contributed by atoms with Crippen molar-refractivity contribution >= 4 is 35.2 Å². The number of nitrogens with zero attached hydrogens (tertiary/aromatic N) is 1. The average Bonchev–Trinajstić information content (AvgIpc) is 3.02. The number of rotatable bonds is 4. The third kappa shape index (κ3) is 3.73. The first-order chi connectivity index (χ1) is 13.9. The minimum absolute atomic E-state index is 0.218. The van der Waals surface area contributed by atoms with E-state index in [1.54, 1.807) is 36.4 Å². The van der Waals surface area contributed by atoms with Gasteiger partial charge in [0.25, 0.3) is 11.8 Å². The van der Waals surface area contributed by atoms with Crippen LogP contribution in [0.15, 0.2) is 42.5 Å². The third-order valence-electron chi connectivity index (χ3n) is 5.16. The first-order valence-corrected chi connectivity index (χ1v) is 9.61. The number of piperidine rings is 1. The molecule has 1 atom stereocenters. The molecule has 0 saturated carbocycles. The Morgan fingerprint density at radius 2 is 1.97 bits per heavy atom. The Morgan fingerprint density at radius 3 is 2.72 bits per heavy atom. The molecule has 7 nitrogen and oxygen atoms in total. The van der Waals surface area contributed by atoms with Gasteiger partial charge in [-0.2, -0.15) is 0 Å². The second kappa shape index (κ2) is 7.67. The number of nitrogens with one attached hydrogen (secondary N) is 2. The maximum Gasteiger partial charge on any atom is 0.255 e. The number of carbonyl (C=O) groups is 4. The van der Waals surface area contributed by atoms with Crippen LogP contribution in [0.3, 0.4) is 0 Å². The van der Waals surface area contributed by atoms with Crippen molar-refractivity contribution in [3.63, 3.8) is 0 Å². The number of halogens is 1. The van der Waals surface area contributed by atoms with Crippen molar-refractivity contribution in [3.05, 3.63) is 69.7 Å². The lowest BCUT2D eigenvalue weighted by molar-refractivity contribution is -0.136. The van der Waals surface area contributed by atoms with Gasteiger partial charge in [0.15, 0.2) is 0 Å².